The summed E-state index contributed by atoms with van der Waals surface area (Å²) >= 11 is 1.31. The molecule has 6 amide bonds. The lowest BCUT2D eigenvalue weighted by atomic mass is 10.0. The Hall–Kier alpha value is -11.1. The van der Waals surface area contributed by atoms with E-state index >= 15 is 0 Å². The standard InChI is InChI=1S/C29H35N5O4.C28H31F2N5O3.C25H31N7O3S/c1-21(35)32-15-7-11-24(20-32)34-26(23-9-4-3-5-10-23)27(28(36)31-16-13-30-14-17-31)33(29(34)37)19-22-8-6-12-25(18-22)38-2;1-19(36)33-13-5-8-22(18-33)35-25(21-6-3-2-4-7-21)26(27(37)32-14-11-31-12-15-32)34(28(35)38)17-20-9-10-23(29)24(30)16-20;1-17(33)30-11-5-8-20(15-30)32-21(18-6-3-2-4-7-18)22(23(34)29-12-9-27-10-13-29)31(25(32)35)14-19-16-36-24(26)28-19/h3-6,8-10,12,18,24,30H,7,11,13-17,19-20H2,1-2H3;2-4,6-7,9-10,16,22,31H,5,8,11-15,17-18H2,1H3;2-4,6-7,16,20,27H,5,8-15H2,1H3,(H2,26,28). The van der Waals surface area contributed by atoms with Crippen molar-refractivity contribution in [1.29, 1.82) is 0 Å². The number of nitrogens with two attached hydrogens (primary N) is 1. The summed E-state index contributed by atoms with van der Waals surface area (Å²) in [7, 11) is 1.61. The topological polar surface area (TPSA) is 287 Å². The third-order valence-corrected chi connectivity index (χ3v) is 22.5. The highest BCUT2D eigenvalue weighted by Crippen LogP contribution is 2.36. The Labute approximate surface area is 651 Å². The van der Waals surface area contributed by atoms with E-state index in [1.54, 1.807) is 68.3 Å². The highest BCUT2D eigenvalue weighted by atomic mass is 32.1. The molecule has 5 aromatic carbocycles. The van der Waals surface area contributed by atoms with Gasteiger partial charge in [0.1, 0.15) is 22.8 Å². The number of nitrogens with one attached hydrogen (secondary N) is 3. The third kappa shape index (κ3) is 17.5. The molecule has 0 radical (unpaired) electrons. The van der Waals surface area contributed by atoms with Crippen LogP contribution in [0.4, 0.5) is 13.9 Å². The molecule has 30 heteroatoms. The molecule has 6 aliphatic rings. The number of ether oxygens (including phenoxy) is 1. The van der Waals surface area contributed by atoms with Gasteiger partial charge in [0.2, 0.25) is 17.7 Å². The summed E-state index contributed by atoms with van der Waals surface area (Å²) in [5.41, 5.74) is 11.8. The molecule has 0 spiro atoms. The second-order valence-corrected chi connectivity index (χ2v) is 30.0. The minimum Gasteiger partial charge on any atom is -0.497 e. The van der Waals surface area contributed by atoms with Crippen molar-refractivity contribution >= 4 is 51.9 Å². The summed E-state index contributed by atoms with van der Waals surface area (Å²) in [6.07, 6.45) is 4.49. The van der Waals surface area contributed by atoms with Gasteiger partial charge in [-0.3, -0.25) is 56.2 Å². The Morgan fingerprint density at radius 3 is 1.13 bits per heavy atom. The number of imidazole rings is 3. The lowest BCUT2D eigenvalue weighted by Crippen LogP contribution is -2.47. The molecule has 112 heavy (non-hydrogen) atoms. The molecular weight excluding hydrogens is 1450 g/mol. The van der Waals surface area contributed by atoms with Crippen molar-refractivity contribution in [3.8, 4) is 39.5 Å². The minimum absolute atomic E-state index is 0.00283. The second kappa shape index (κ2) is 35.9. The Morgan fingerprint density at radius 2 is 0.804 bits per heavy atom. The quantitative estimate of drug-likeness (QED) is 0.0750. The van der Waals surface area contributed by atoms with Gasteiger partial charge in [0.05, 0.1) is 67.6 Å². The number of benzene rings is 5. The predicted octanol–water partition coefficient (Wildman–Crippen LogP) is 7.11. The van der Waals surface area contributed by atoms with Crippen LogP contribution in [0.15, 0.2) is 153 Å². The van der Waals surface area contributed by atoms with Gasteiger partial charge in [0.15, 0.2) is 16.8 Å². The van der Waals surface area contributed by atoms with Crippen LogP contribution in [0, 0.1) is 11.6 Å². The van der Waals surface area contributed by atoms with E-state index in [0.717, 1.165) is 60.9 Å². The molecular formula is C82H97F2N17O10S. The van der Waals surface area contributed by atoms with Gasteiger partial charge in [0.25, 0.3) is 17.7 Å². The highest BCUT2D eigenvalue weighted by Gasteiger charge is 2.39. The molecule has 6 fully saturated rings. The number of piperazine rings is 3. The van der Waals surface area contributed by atoms with E-state index in [4.69, 9.17) is 10.5 Å². The van der Waals surface area contributed by atoms with E-state index in [9.17, 15) is 51.9 Å². The maximum Gasteiger partial charge on any atom is 0.329 e. The Morgan fingerprint density at radius 1 is 0.446 bits per heavy atom. The van der Waals surface area contributed by atoms with Crippen LogP contribution in [0.25, 0.3) is 33.8 Å². The predicted molar refractivity (Wildman–Crippen MR) is 423 cm³/mol. The summed E-state index contributed by atoms with van der Waals surface area (Å²) in [4.78, 5) is 137. The number of hydrogen-bond acceptors (Lipinski definition) is 16. The number of likely N-dealkylation sites (tertiary alicyclic amines) is 3. The molecule has 9 aromatic rings. The first-order valence-electron chi connectivity index (χ1n) is 38.5. The number of anilines is 1. The van der Waals surface area contributed by atoms with Crippen molar-refractivity contribution in [1.82, 2.24) is 77.7 Å². The van der Waals surface area contributed by atoms with Gasteiger partial charge < -0.3 is 55.8 Å². The molecule has 10 heterocycles. The zero-order valence-corrected chi connectivity index (χ0v) is 64.6. The number of aromatic nitrogens is 7. The lowest BCUT2D eigenvalue weighted by molar-refractivity contribution is -0.131. The fraction of sp³-hybridized carbons (Fsp3) is 0.415. The summed E-state index contributed by atoms with van der Waals surface area (Å²) in [5.74, 6) is -2.00. The van der Waals surface area contributed by atoms with Gasteiger partial charge >= 0.3 is 17.1 Å². The average molecular weight is 1550 g/mol. The molecule has 27 nitrogen and oxygen atoms in total. The molecule has 0 aliphatic carbocycles. The number of halogens is 2. The number of rotatable bonds is 16. The summed E-state index contributed by atoms with van der Waals surface area (Å²) in [5, 5.41) is 12.0. The van der Waals surface area contributed by atoms with Crippen molar-refractivity contribution < 1.29 is 42.3 Å². The van der Waals surface area contributed by atoms with Crippen molar-refractivity contribution in [2.24, 2.45) is 0 Å². The molecule has 4 aromatic heterocycles. The van der Waals surface area contributed by atoms with Crippen LogP contribution < -0.4 is 43.5 Å². The SMILES string of the molecule is CC(=O)N1CCCC(n2c(-c3ccccc3)c(C(=O)N3CCNCC3)n(Cc3ccc(F)c(F)c3)c2=O)C1.CC(=O)N1CCCC(n2c(-c3ccccc3)c(C(=O)N3CCNCC3)n(Cc3csc(N)n3)c2=O)C1.COc1cccc(Cn2c(C(=O)N3CCNCC3)c(-c3ccccc3)n(C3CCCN(C(C)=O)C3)c2=O)c1. The van der Waals surface area contributed by atoms with Crippen molar-refractivity contribution in [3.05, 3.63) is 216 Å². The van der Waals surface area contributed by atoms with Crippen molar-refractivity contribution in [2.45, 2.75) is 97.1 Å². The van der Waals surface area contributed by atoms with E-state index in [-0.39, 0.29) is 90.3 Å². The fourth-order valence-electron chi connectivity index (χ4n) is 16.2. The smallest absolute Gasteiger partial charge is 0.329 e. The van der Waals surface area contributed by atoms with Gasteiger partial charge in [-0.15, -0.1) is 11.3 Å². The number of hydrogen-bond donors (Lipinski definition) is 4. The number of carbonyl (C=O) groups excluding carboxylic acids is 6. The Bertz CT molecular complexity index is 5050. The van der Waals surface area contributed by atoms with Crippen LogP contribution in [-0.2, 0) is 34.0 Å². The molecule has 0 saturated carbocycles. The number of nitrogens with zero attached hydrogens (tertiary/aromatic N) is 13. The highest BCUT2D eigenvalue weighted by molar-refractivity contribution is 7.13. The van der Waals surface area contributed by atoms with Gasteiger partial charge in [-0.25, -0.2) is 28.1 Å². The average Bonchev–Trinajstić information content (AvgIpc) is 1.60. The first-order chi connectivity index (χ1) is 54.3. The first kappa shape index (κ1) is 79.0. The number of thiazole rings is 1. The van der Waals surface area contributed by atoms with E-state index in [1.165, 1.54) is 28.9 Å². The number of nitrogen functional groups attached to an aromatic ring is 1. The zero-order chi connectivity index (χ0) is 78.7. The molecule has 15 rings (SSSR count). The van der Waals surface area contributed by atoms with Gasteiger partial charge in [-0.2, -0.15) is 0 Å². The van der Waals surface area contributed by atoms with Gasteiger partial charge in [-0.1, -0.05) is 109 Å². The number of piperidine rings is 3. The third-order valence-electron chi connectivity index (χ3n) is 21.8. The molecule has 3 unspecified atom stereocenters. The van der Waals surface area contributed by atoms with E-state index in [0.29, 0.717) is 180 Å². The fourth-order valence-corrected chi connectivity index (χ4v) is 16.7. The molecule has 6 saturated heterocycles. The normalized spacial score (nSPS) is 18.1. The van der Waals surface area contributed by atoms with Crippen LogP contribution in [0.2, 0.25) is 0 Å². The lowest BCUT2D eigenvalue weighted by Gasteiger charge is -2.33. The molecule has 590 valence electrons. The summed E-state index contributed by atoms with van der Waals surface area (Å²) in [6.45, 7) is 15.5. The first-order valence-corrected chi connectivity index (χ1v) is 39.4. The summed E-state index contributed by atoms with van der Waals surface area (Å²) in [6, 6.07) is 38.8. The van der Waals surface area contributed by atoms with Crippen LogP contribution in [-0.4, -0.2) is 222 Å². The van der Waals surface area contributed by atoms with Crippen LogP contribution in [0.1, 0.15) is 126 Å². The van der Waals surface area contributed by atoms with Crippen LogP contribution in [0.5, 0.6) is 5.75 Å². The van der Waals surface area contributed by atoms with Crippen molar-refractivity contribution in [3.63, 3.8) is 0 Å². The van der Waals surface area contributed by atoms with Gasteiger partial charge in [-0.05, 0) is 73.9 Å². The number of methoxy groups -OCH3 is 1. The monoisotopic (exact) mass is 1550 g/mol. The van der Waals surface area contributed by atoms with Gasteiger partial charge in [0, 0.05) is 161 Å². The number of carbonyl (C=O) groups is 6. The molecule has 6 aliphatic heterocycles. The van der Waals surface area contributed by atoms with E-state index < -0.39 is 17.3 Å². The zero-order valence-electron chi connectivity index (χ0n) is 63.7. The molecule has 5 N–H and O–H groups in total. The summed E-state index contributed by atoms with van der Waals surface area (Å²) < 4.78 is 42.9. The van der Waals surface area contributed by atoms with Crippen molar-refractivity contribution in [2.75, 3.05) is 131 Å². The van der Waals surface area contributed by atoms with E-state index in [1.807, 2.05) is 126 Å². The minimum atomic E-state index is -1.02. The maximum atomic E-state index is 14.3. The van der Waals surface area contributed by atoms with Crippen LogP contribution in [0.3, 0.4) is 0 Å². The Balaban J connectivity index is 0.000000147. The maximum absolute atomic E-state index is 14.3. The molecule has 0 bridgehead atoms. The van der Waals surface area contributed by atoms with E-state index in [2.05, 4.69) is 20.9 Å². The Kier molecular flexibility index (Phi) is 25.4. The number of amides is 6. The second-order valence-electron chi connectivity index (χ2n) is 29.1. The largest absolute Gasteiger partial charge is 0.497 e. The van der Waals surface area contributed by atoms with Crippen LogP contribution >= 0.6 is 11.3 Å². The molecule has 3 atom stereocenters.